The first kappa shape index (κ1) is 40.1. The molecule has 0 aliphatic rings. The summed E-state index contributed by atoms with van der Waals surface area (Å²) < 4.78 is 13.5. The van der Waals surface area contributed by atoms with Crippen LogP contribution >= 0.6 is 0 Å². The number of hydrogen-bond acceptors (Lipinski definition) is 3. The lowest BCUT2D eigenvalue weighted by Crippen LogP contribution is -2.10. The number of rotatable bonds is 9. The molecule has 0 saturated heterocycles. The first-order valence-electron chi connectivity index (χ1n) is 23.5. The largest absolute Gasteiger partial charge is 0.456 e. The normalized spacial score (nSPS) is 11.5. The highest BCUT2D eigenvalue weighted by Gasteiger charge is 2.23. The van der Waals surface area contributed by atoms with Crippen molar-refractivity contribution >= 4 is 60.9 Å². The fourth-order valence-electron chi connectivity index (χ4n) is 10.2. The molecule has 0 aliphatic carbocycles. The van der Waals surface area contributed by atoms with Crippen molar-refractivity contribution in [3.05, 3.63) is 261 Å². The molecular weight excluding hydrogens is 839 g/mol. The molecule has 0 aliphatic heterocycles. The number of nitrogens with zero attached hydrogens (tertiary/aromatic N) is 1. The highest BCUT2D eigenvalue weighted by molar-refractivity contribution is 6.15. The summed E-state index contributed by atoms with van der Waals surface area (Å²) in [6.07, 6.45) is 0. The second-order valence-corrected chi connectivity index (χ2v) is 17.6. The Labute approximate surface area is 400 Å². The minimum Gasteiger partial charge on any atom is -0.456 e. The fourth-order valence-corrected chi connectivity index (χ4v) is 10.2. The van der Waals surface area contributed by atoms with Crippen molar-refractivity contribution in [1.82, 2.24) is 0 Å². The summed E-state index contributed by atoms with van der Waals surface area (Å²) in [5.74, 6) is 0. The van der Waals surface area contributed by atoms with Gasteiger partial charge in [0, 0.05) is 38.5 Å². The predicted octanol–water partition coefficient (Wildman–Crippen LogP) is 19.0. The zero-order valence-electron chi connectivity index (χ0n) is 37.6. The molecule has 0 N–H and O–H groups in total. The van der Waals surface area contributed by atoms with Gasteiger partial charge < -0.3 is 13.7 Å². The van der Waals surface area contributed by atoms with Gasteiger partial charge in [-0.1, -0.05) is 206 Å². The Balaban J connectivity index is 0.990. The highest BCUT2D eigenvalue weighted by Crippen LogP contribution is 2.47. The summed E-state index contributed by atoms with van der Waals surface area (Å²) in [4.78, 5) is 2.35. The maximum absolute atomic E-state index is 7.20. The molecule has 324 valence electrons. The fraction of sp³-hybridized carbons (Fsp3) is 0. The topological polar surface area (TPSA) is 29.5 Å². The molecule has 3 nitrogen and oxygen atoms in total. The van der Waals surface area contributed by atoms with E-state index in [1.807, 2.05) is 12.1 Å². The Morgan fingerprint density at radius 3 is 1.35 bits per heavy atom. The van der Waals surface area contributed by atoms with E-state index in [2.05, 4.69) is 254 Å². The van der Waals surface area contributed by atoms with Gasteiger partial charge >= 0.3 is 0 Å². The minimum absolute atomic E-state index is 0.819. The van der Waals surface area contributed by atoms with Gasteiger partial charge in [-0.25, -0.2) is 0 Å². The zero-order valence-corrected chi connectivity index (χ0v) is 37.6. The van der Waals surface area contributed by atoms with Crippen LogP contribution in [0.5, 0.6) is 0 Å². The maximum Gasteiger partial charge on any atom is 0.159 e. The van der Waals surface area contributed by atoms with Crippen LogP contribution in [0.25, 0.3) is 111 Å². The van der Waals surface area contributed by atoms with Crippen LogP contribution in [0, 0.1) is 0 Å². The number of furan rings is 2. The molecule has 0 radical (unpaired) electrons. The molecule has 0 unspecified atom stereocenters. The number of benzene rings is 11. The van der Waals surface area contributed by atoms with Crippen molar-refractivity contribution in [2.45, 2.75) is 0 Å². The Kier molecular flexibility index (Phi) is 9.84. The first-order chi connectivity index (χ1) is 34.2. The van der Waals surface area contributed by atoms with E-state index < -0.39 is 0 Å². The van der Waals surface area contributed by atoms with Crippen molar-refractivity contribution in [1.29, 1.82) is 0 Å². The van der Waals surface area contributed by atoms with Crippen molar-refractivity contribution in [2.75, 3.05) is 4.90 Å². The number of fused-ring (bicyclic) bond motifs is 6. The Bertz CT molecular complexity index is 3980. The van der Waals surface area contributed by atoms with Crippen LogP contribution < -0.4 is 4.90 Å². The van der Waals surface area contributed by atoms with E-state index in [1.165, 1.54) is 27.8 Å². The quantitative estimate of drug-likeness (QED) is 0.145. The van der Waals surface area contributed by atoms with Crippen LogP contribution in [-0.2, 0) is 0 Å². The monoisotopic (exact) mass is 881 g/mol. The van der Waals surface area contributed by atoms with E-state index in [0.717, 1.165) is 99.9 Å². The summed E-state index contributed by atoms with van der Waals surface area (Å²) in [5.41, 5.74) is 20.1. The summed E-state index contributed by atoms with van der Waals surface area (Å²) in [5, 5.41) is 4.38. The smallest absolute Gasteiger partial charge is 0.159 e. The third-order valence-corrected chi connectivity index (χ3v) is 13.5. The minimum atomic E-state index is 0.819. The second-order valence-electron chi connectivity index (χ2n) is 17.6. The van der Waals surface area contributed by atoms with E-state index >= 15 is 0 Å². The van der Waals surface area contributed by atoms with Gasteiger partial charge in [-0.15, -0.1) is 0 Å². The summed E-state index contributed by atoms with van der Waals surface area (Å²) in [6.45, 7) is 0. The molecule has 13 aromatic rings. The molecule has 13 rings (SSSR count). The van der Waals surface area contributed by atoms with Gasteiger partial charge in [0.15, 0.2) is 5.58 Å². The van der Waals surface area contributed by atoms with E-state index in [-0.39, 0.29) is 0 Å². The predicted molar refractivity (Wildman–Crippen MR) is 288 cm³/mol. The number of para-hydroxylation sites is 2. The SMILES string of the molecule is c1ccc(-c2cc(N(c3ccc(-c4ccc5c(c4)oc4ccccc45)cc3)c3ccc(-c4ccccc4-c4ccccc4-c4ccccc4)cc3)c3oc4c(-c5ccccc5)cccc4c3c2)cc1. The van der Waals surface area contributed by atoms with E-state index in [4.69, 9.17) is 8.83 Å². The molecule has 11 aromatic carbocycles. The summed E-state index contributed by atoms with van der Waals surface area (Å²) in [7, 11) is 0. The lowest BCUT2D eigenvalue weighted by molar-refractivity contribution is 0.669. The molecule has 0 bridgehead atoms. The zero-order chi connectivity index (χ0) is 45.7. The van der Waals surface area contributed by atoms with Crippen molar-refractivity contribution in [3.8, 4) is 66.8 Å². The molecule has 3 heteroatoms. The molecule has 2 heterocycles. The van der Waals surface area contributed by atoms with Crippen LogP contribution in [0.2, 0.25) is 0 Å². The summed E-state index contributed by atoms with van der Waals surface area (Å²) >= 11 is 0. The van der Waals surface area contributed by atoms with E-state index in [0.29, 0.717) is 0 Å². The lowest BCUT2D eigenvalue weighted by Gasteiger charge is -2.27. The van der Waals surface area contributed by atoms with Gasteiger partial charge in [-0.05, 0) is 116 Å². The molecule has 0 spiro atoms. The molecule has 2 aromatic heterocycles. The van der Waals surface area contributed by atoms with Crippen LogP contribution in [0.15, 0.2) is 270 Å². The molecule has 0 amide bonds. The van der Waals surface area contributed by atoms with Gasteiger partial charge in [-0.3, -0.25) is 0 Å². The Morgan fingerprint density at radius 1 is 0.232 bits per heavy atom. The summed E-state index contributed by atoms with van der Waals surface area (Å²) in [6, 6.07) is 93.0. The first-order valence-corrected chi connectivity index (χ1v) is 23.5. The average Bonchev–Trinajstić information content (AvgIpc) is 4.00. The third-order valence-electron chi connectivity index (χ3n) is 13.5. The molecule has 69 heavy (non-hydrogen) atoms. The van der Waals surface area contributed by atoms with E-state index in [9.17, 15) is 0 Å². The van der Waals surface area contributed by atoms with Gasteiger partial charge in [0.1, 0.15) is 16.7 Å². The van der Waals surface area contributed by atoms with E-state index in [1.54, 1.807) is 0 Å². The standard InChI is InChI=1S/C66H43NO2/c1-4-17-44(18-5-1)50-41-61-60-29-16-28-55(47-21-8-3-9-22-47)65(60)69-66(61)62(42-50)67(51-36-31-45(32-37-51)49-35-40-59-58-27-14-15-30-63(58)68-64(59)43-49)52-38-33-48(34-39-52)54-24-11-13-26-57(54)56-25-12-10-23-53(56)46-19-6-2-7-20-46/h1-43H. The average molecular weight is 882 g/mol. The highest BCUT2D eigenvalue weighted by atomic mass is 16.3. The third kappa shape index (κ3) is 7.16. The second kappa shape index (κ2) is 16.9. The van der Waals surface area contributed by atoms with Crippen LogP contribution in [0.1, 0.15) is 0 Å². The van der Waals surface area contributed by atoms with Crippen molar-refractivity contribution in [2.24, 2.45) is 0 Å². The number of hydrogen-bond donors (Lipinski definition) is 0. The van der Waals surface area contributed by atoms with Gasteiger partial charge in [-0.2, -0.15) is 0 Å². The lowest BCUT2D eigenvalue weighted by atomic mass is 9.89. The molecule has 0 saturated carbocycles. The molecular formula is C66H43NO2. The Morgan fingerprint density at radius 2 is 0.696 bits per heavy atom. The van der Waals surface area contributed by atoms with Gasteiger partial charge in [0.25, 0.3) is 0 Å². The molecule has 0 fully saturated rings. The Hall–Kier alpha value is -9.18. The number of anilines is 3. The van der Waals surface area contributed by atoms with Gasteiger partial charge in [0.2, 0.25) is 0 Å². The van der Waals surface area contributed by atoms with Crippen LogP contribution in [0.3, 0.4) is 0 Å². The van der Waals surface area contributed by atoms with Crippen LogP contribution in [0.4, 0.5) is 17.1 Å². The van der Waals surface area contributed by atoms with Crippen LogP contribution in [-0.4, -0.2) is 0 Å². The molecule has 0 atom stereocenters. The maximum atomic E-state index is 7.20. The van der Waals surface area contributed by atoms with Gasteiger partial charge in [0.05, 0.1) is 5.69 Å². The van der Waals surface area contributed by atoms with Crippen molar-refractivity contribution < 1.29 is 8.83 Å². The van der Waals surface area contributed by atoms with Crippen molar-refractivity contribution in [3.63, 3.8) is 0 Å².